The van der Waals surface area contributed by atoms with Gasteiger partial charge in [-0.05, 0) is 56.3 Å². The molecule has 3 nitrogen and oxygen atoms in total. The van der Waals surface area contributed by atoms with Crippen molar-refractivity contribution in [2.45, 2.75) is 32.2 Å². The molecule has 1 aliphatic rings. The van der Waals surface area contributed by atoms with Gasteiger partial charge in [-0.3, -0.25) is 0 Å². The monoisotopic (exact) mass is 275 g/mol. The van der Waals surface area contributed by atoms with E-state index in [1.807, 2.05) is 6.07 Å². The van der Waals surface area contributed by atoms with Crippen molar-refractivity contribution in [3.8, 4) is 11.5 Å². The standard InChI is InChI=1S/C17H25NO2/c1-13(18-12-14-7-5-4-6-8-14)15-9-10-16(19-2)17(11-15)20-3/h4-5,9-11,13-14,18H,6-8,12H2,1-3H3. The third kappa shape index (κ3) is 3.76. The van der Waals surface area contributed by atoms with Crippen LogP contribution >= 0.6 is 0 Å². The molecule has 1 N–H and O–H groups in total. The van der Waals surface area contributed by atoms with Crippen LogP contribution in [0.15, 0.2) is 30.4 Å². The summed E-state index contributed by atoms with van der Waals surface area (Å²) in [7, 11) is 3.34. The summed E-state index contributed by atoms with van der Waals surface area (Å²) in [5.41, 5.74) is 1.23. The van der Waals surface area contributed by atoms with Crippen molar-refractivity contribution in [3.63, 3.8) is 0 Å². The Labute approximate surface area is 122 Å². The van der Waals surface area contributed by atoms with E-state index in [1.54, 1.807) is 14.2 Å². The Hall–Kier alpha value is -1.48. The predicted octanol–water partition coefficient (Wildman–Crippen LogP) is 3.71. The first-order valence-corrected chi connectivity index (χ1v) is 7.35. The normalized spacial score (nSPS) is 19.6. The molecule has 0 heterocycles. The highest BCUT2D eigenvalue weighted by atomic mass is 16.5. The molecule has 1 aliphatic carbocycles. The van der Waals surface area contributed by atoms with Crippen molar-refractivity contribution in [3.05, 3.63) is 35.9 Å². The molecule has 1 aromatic carbocycles. The average Bonchev–Trinajstić information content (AvgIpc) is 2.52. The van der Waals surface area contributed by atoms with Crippen LogP contribution in [-0.2, 0) is 0 Å². The highest BCUT2D eigenvalue weighted by molar-refractivity contribution is 5.43. The summed E-state index contributed by atoms with van der Waals surface area (Å²) in [5, 5.41) is 3.63. The molecule has 0 fully saturated rings. The summed E-state index contributed by atoms with van der Waals surface area (Å²) in [6, 6.07) is 6.44. The predicted molar refractivity (Wildman–Crippen MR) is 82.4 cm³/mol. The second kappa shape index (κ2) is 7.34. The molecule has 2 rings (SSSR count). The molecule has 0 radical (unpaired) electrons. The maximum atomic E-state index is 5.36. The second-order valence-corrected chi connectivity index (χ2v) is 5.39. The third-order valence-electron chi connectivity index (χ3n) is 4.00. The Balaban J connectivity index is 1.94. The SMILES string of the molecule is COc1ccc(C(C)NCC2CC=CCC2)cc1OC. The van der Waals surface area contributed by atoms with Gasteiger partial charge in [0.25, 0.3) is 0 Å². The van der Waals surface area contributed by atoms with Crippen LogP contribution in [-0.4, -0.2) is 20.8 Å². The van der Waals surface area contributed by atoms with Gasteiger partial charge in [-0.2, -0.15) is 0 Å². The lowest BCUT2D eigenvalue weighted by Gasteiger charge is -2.22. The van der Waals surface area contributed by atoms with E-state index < -0.39 is 0 Å². The zero-order chi connectivity index (χ0) is 14.4. The fourth-order valence-electron chi connectivity index (χ4n) is 2.63. The molecule has 2 unspecified atom stereocenters. The van der Waals surface area contributed by atoms with Gasteiger partial charge < -0.3 is 14.8 Å². The van der Waals surface area contributed by atoms with Crippen LogP contribution in [0, 0.1) is 5.92 Å². The van der Waals surface area contributed by atoms with E-state index in [9.17, 15) is 0 Å². The number of hydrogen-bond donors (Lipinski definition) is 1. The van der Waals surface area contributed by atoms with Gasteiger partial charge >= 0.3 is 0 Å². The highest BCUT2D eigenvalue weighted by Gasteiger charge is 2.13. The van der Waals surface area contributed by atoms with Gasteiger partial charge in [0.1, 0.15) is 0 Å². The fraction of sp³-hybridized carbons (Fsp3) is 0.529. The van der Waals surface area contributed by atoms with Gasteiger partial charge in [-0.1, -0.05) is 18.2 Å². The van der Waals surface area contributed by atoms with Gasteiger partial charge in [-0.25, -0.2) is 0 Å². The smallest absolute Gasteiger partial charge is 0.161 e. The Morgan fingerprint density at radius 3 is 2.65 bits per heavy atom. The summed E-state index contributed by atoms with van der Waals surface area (Å²) in [6.07, 6.45) is 8.30. The number of hydrogen-bond acceptors (Lipinski definition) is 3. The Kier molecular flexibility index (Phi) is 5.48. The van der Waals surface area contributed by atoms with Crippen molar-refractivity contribution >= 4 is 0 Å². The number of benzene rings is 1. The van der Waals surface area contributed by atoms with E-state index >= 15 is 0 Å². The minimum Gasteiger partial charge on any atom is -0.493 e. The van der Waals surface area contributed by atoms with Crippen molar-refractivity contribution in [1.29, 1.82) is 0 Å². The average molecular weight is 275 g/mol. The van der Waals surface area contributed by atoms with Crippen LogP contribution in [0.2, 0.25) is 0 Å². The summed E-state index contributed by atoms with van der Waals surface area (Å²) in [6.45, 7) is 3.26. The molecular weight excluding hydrogens is 250 g/mol. The van der Waals surface area contributed by atoms with Crippen LogP contribution in [0.5, 0.6) is 11.5 Å². The van der Waals surface area contributed by atoms with Crippen LogP contribution < -0.4 is 14.8 Å². The maximum Gasteiger partial charge on any atom is 0.161 e. The molecule has 0 saturated heterocycles. The van der Waals surface area contributed by atoms with Crippen LogP contribution in [0.4, 0.5) is 0 Å². The zero-order valence-corrected chi connectivity index (χ0v) is 12.7. The molecule has 1 aromatic rings. The molecule has 110 valence electrons. The van der Waals surface area contributed by atoms with Crippen molar-refractivity contribution in [2.24, 2.45) is 5.92 Å². The molecule has 0 bridgehead atoms. The summed E-state index contributed by atoms with van der Waals surface area (Å²) in [5.74, 6) is 2.34. The number of methoxy groups -OCH3 is 2. The van der Waals surface area contributed by atoms with Gasteiger partial charge in [0.15, 0.2) is 11.5 Å². The van der Waals surface area contributed by atoms with Gasteiger partial charge in [0.2, 0.25) is 0 Å². The van der Waals surface area contributed by atoms with Crippen LogP contribution in [0.1, 0.15) is 37.8 Å². The van der Waals surface area contributed by atoms with E-state index in [2.05, 4.69) is 36.5 Å². The van der Waals surface area contributed by atoms with Crippen molar-refractivity contribution in [1.82, 2.24) is 5.32 Å². The molecule has 0 aliphatic heterocycles. The number of ether oxygens (including phenoxy) is 2. The van der Waals surface area contributed by atoms with E-state index in [4.69, 9.17) is 9.47 Å². The molecule has 3 heteroatoms. The highest BCUT2D eigenvalue weighted by Crippen LogP contribution is 2.30. The lowest BCUT2D eigenvalue weighted by molar-refractivity contribution is 0.353. The van der Waals surface area contributed by atoms with E-state index in [1.165, 1.54) is 24.8 Å². The first kappa shape index (κ1) is 14.9. The summed E-state index contributed by atoms with van der Waals surface area (Å²) < 4.78 is 10.6. The van der Waals surface area contributed by atoms with Gasteiger partial charge in [0, 0.05) is 6.04 Å². The fourth-order valence-corrected chi connectivity index (χ4v) is 2.63. The van der Waals surface area contributed by atoms with Crippen LogP contribution in [0.25, 0.3) is 0 Å². The lowest BCUT2D eigenvalue weighted by atomic mass is 9.94. The second-order valence-electron chi connectivity index (χ2n) is 5.39. The number of rotatable bonds is 6. The molecule has 2 atom stereocenters. The third-order valence-corrected chi connectivity index (χ3v) is 4.00. The van der Waals surface area contributed by atoms with E-state index in [-0.39, 0.29) is 0 Å². The van der Waals surface area contributed by atoms with Crippen molar-refractivity contribution < 1.29 is 9.47 Å². The number of nitrogens with one attached hydrogen (secondary N) is 1. The molecule has 0 spiro atoms. The van der Waals surface area contributed by atoms with Crippen LogP contribution in [0.3, 0.4) is 0 Å². The number of allylic oxidation sites excluding steroid dienone is 2. The summed E-state index contributed by atoms with van der Waals surface area (Å²) in [4.78, 5) is 0. The van der Waals surface area contributed by atoms with Gasteiger partial charge in [0.05, 0.1) is 14.2 Å². The first-order valence-electron chi connectivity index (χ1n) is 7.35. The molecule has 0 amide bonds. The molecule has 0 saturated carbocycles. The Morgan fingerprint density at radius 2 is 2.00 bits per heavy atom. The lowest BCUT2D eigenvalue weighted by Crippen LogP contribution is -2.26. The maximum absolute atomic E-state index is 5.36. The molecule has 0 aromatic heterocycles. The van der Waals surface area contributed by atoms with E-state index in [0.717, 1.165) is 24.0 Å². The minimum absolute atomic E-state index is 0.320. The molecular formula is C17H25NO2. The van der Waals surface area contributed by atoms with Crippen molar-refractivity contribution in [2.75, 3.05) is 20.8 Å². The van der Waals surface area contributed by atoms with E-state index in [0.29, 0.717) is 6.04 Å². The largest absolute Gasteiger partial charge is 0.493 e. The minimum atomic E-state index is 0.320. The Morgan fingerprint density at radius 1 is 1.20 bits per heavy atom. The Bertz CT molecular complexity index is 456. The quantitative estimate of drug-likeness (QED) is 0.803. The summed E-state index contributed by atoms with van der Waals surface area (Å²) >= 11 is 0. The first-order chi connectivity index (χ1) is 9.74. The van der Waals surface area contributed by atoms with Gasteiger partial charge in [-0.15, -0.1) is 0 Å². The zero-order valence-electron chi connectivity index (χ0n) is 12.7. The topological polar surface area (TPSA) is 30.5 Å². The molecule has 20 heavy (non-hydrogen) atoms.